The number of halogens is 6. The Morgan fingerprint density at radius 2 is 1.91 bits per heavy atom. The Bertz CT molecular complexity index is 1150. The fourth-order valence-electron chi connectivity index (χ4n) is 3.93. The molecule has 0 bridgehead atoms. The van der Waals surface area contributed by atoms with Gasteiger partial charge in [-0.05, 0) is 25.1 Å². The van der Waals surface area contributed by atoms with Gasteiger partial charge >= 0.3 is 6.18 Å². The highest BCUT2D eigenvalue weighted by Gasteiger charge is 2.66. The number of methoxy groups -OCH3 is 1. The quantitative estimate of drug-likeness (QED) is 0.466. The number of hydrogen-bond donors (Lipinski definition) is 2. The second-order valence-corrected chi connectivity index (χ2v) is 8.26. The molecule has 0 spiro atoms. The normalized spacial score (nSPS) is 24.7. The van der Waals surface area contributed by atoms with Crippen LogP contribution in [0.4, 0.5) is 27.6 Å². The van der Waals surface area contributed by atoms with Crippen LogP contribution in [0.15, 0.2) is 24.4 Å². The molecule has 2 aromatic rings. The molecule has 0 unspecified atom stereocenters. The van der Waals surface area contributed by atoms with Gasteiger partial charge in [0.15, 0.2) is 17.2 Å². The summed E-state index contributed by atoms with van der Waals surface area (Å²) in [5.41, 5.74) is 1.83. The molecule has 4 atom stereocenters. The van der Waals surface area contributed by atoms with Crippen LogP contribution in [0, 0.1) is 17.6 Å². The van der Waals surface area contributed by atoms with Gasteiger partial charge in [0.2, 0.25) is 5.82 Å². The lowest BCUT2D eigenvalue weighted by atomic mass is 9.77. The average Bonchev–Trinajstić information content (AvgIpc) is 3.04. The van der Waals surface area contributed by atoms with Crippen LogP contribution in [0.5, 0.6) is 5.75 Å². The van der Waals surface area contributed by atoms with E-state index in [4.69, 9.17) is 26.8 Å². The Kier molecular flexibility index (Phi) is 6.78. The van der Waals surface area contributed by atoms with E-state index >= 15 is 0 Å². The van der Waals surface area contributed by atoms with Crippen molar-refractivity contribution in [2.45, 2.75) is 37.6 Å². The summed E-state index contributed by atoms with van der Waals surface area (Å²) in [5.74, 6) is -8.53. The molecule has 0 aliphatic carbocycles. The van der Waals surface area contributed by atoms with Gasteiger partial charge in [-0.3, -0.25) is 14.6 Å². The fourth-order valence-corrected chi connectivity index (χ4v) is 4.13. The first-order chi connectivity index (χ1) is 15.7. The van der Waals surface area contributed by atoms with Crippen molar-refractivity contribution in [2.75, 3.05) is 12.4 Å². The predicted molar refractivity (Wildman–Crippen MR) is 111 cm³/mol. The van der Waals surface area contributed by atoms with Crippen LogP contribution < -0.4 is 15.8 Å². The summed E-state index contributed by atoms with van der Waals surface area (Å²) in [6, 6.07) is 3.30. The maximum atomic E-state index is 14.5. The smallest absolute Gasteiger partial charge is 0.417 e. The van der Waals surface area contributed by atoms with Gasteiger partial charge in [0.1, 0.15) is 11.8 Å². The van der Waals surface area contributed by atoms with Crippen LogP contribution in [-0.2, 0) is 9.53 Å². The highest BCUT2D eigenvalue weighted by Crippen LogP contribution is 2.55. The maximum absolute atomic E-state index is 14.5. The summed E-state index contributed by atoms with van der Waals surface area (Å²) < 4.78 is 80.7. The van der Waals surface area contributed by atoms with Gasteiger partial charge in [-0.15, -0.1) is 0 Å². The van der Waals surface area contributed by atoms with Crippen LogP contribution in [0.25, 0.3) is 0 Å². The molecule has 7 nitrogen and oxygen atoms in total. The Morgan fingerprint density at radius 1 is 1.26 bits per heavy atom. The molecule has 1 aromatic heterocycles. The van der Waals surface area contributed by atoms with Gasteiger partial charge in [-0.25, -0.2) is 4.39 Å². The van der Waals surface area contributed by atoms with Crippen LogP contribution >= 0.6 is 11.6 Å². The van der Waals surface area contributed by atoms with Gasteiger partial charge in [0.25, 0.3) is 11.8 Å². The van der Waals surface area contributed by atoms with Gasteiger partial charge < -0.3 is 20.5 Å². The second kappa shape index (κ2) is 8.99. The number of amides is 2. The Labute approximate surface area is 195 Å². The van der Waals surface area contributed by atoms with Gasteiger partial charge in [0.05, 0.1) is 12.1 Å². The highest BCUT2D eigenvalue weighted by atomic mass is 35.5. The molecule has 1 fully saturated rings. The molecule has 2 amide bonds. The Morgan fingerprint density at radius 3 is 2.47 bits per heavy atom. The second-order valence-electron chi connectivity index (χ2n) is 7.85. The molecule has 184 valence electrons. The van der Waals surface area contributed by atoms with Gasteiger partial charge in [-0.2, -0.15) is 17.6 Å². The van der Waals surface area contributed by atoms with Gasteiger partial charge in [0, 0.05) is 29.3 Å². The molecule has 1 aromatic carbocycles. The average molecular weight is 508 g/mol. The molecule has 34 heavy (non-hydrogen) atoms. The number of rotatable bonds is 5. The topological polar surface area (TPSA) is 104 Å². The lowest BCUT2D eigenvalue weighted by molar-refractivity contribution is -0.272. The van der Waals surface area contributed by atoms with Crippen molar-refractivity contribution < 1.29 is 41.0 Å². The molecular weight excluding hydrogens is 489 g/mol. The lowest BCUT2D eigenvalue weighted by Crippen LogP contribution is -2.47. The summed E-state index contributed by atoms with van der Waals surface area (Å²) in [4.78, 5) is 28.1. The monoisotopic (exact) mass is 507 g/mol. The van der Waals surface area contributed by atoms with Crippen molar-refractivity contribution in [2.24, 2.45) is 11.7 Å². The molecule has 13 heteroatoms. The molecule has 0 radical (unpaired) electrons. The molecule has 1 saturated heterocycles. The van der Waals surface area contributed by atoms with Crippen LogP contribution in [0.1, 0.15) is 35.8 Å². The van der Waals surface area contributed by atoms with E-state index < -0.39 is 63.9 Å². The summed E-state index contributed by atoms with van der Waals surface area (Å²) in [6.45, 7) is 1.92. The summed E-state index contributed by atoms with van der Waals surface area (Å²) in [7, 11) is 0.996. The van der Waals surface area contributed by atoms with Crippen molar-refractivity contribution in [1.82, 2.24) is 4.98 Å². The van der Waals surface area contributed by atoms with E-state index in [9.17, 15) is 31.5 Å². The molecule has 1 aliphatic heterocycles. The predicted octanol–water partition coefficient (Wildman–Crippen LogP) is 4.20. The van der Waals surface area contributed by atoms with Crippen LogP contribution in [0.2, 0.25) is 5.02 Å². The van der Waals surface area contributed by atoms with Crippen molar-refractivity contribution >= 4 is 29.1 Å². The number of benzene rings is 1. The molecule has 0 saturated carbocycles. The first kappa shape index (κ1) is 25.6. The molecular formula is C21H19ClF5N3O4. The van der Waals surface area contributed by atoms with E-state index in [1.54, 1.807) is 0 Å². The highest BCUT2D eigenvalue weighted by molar-refractivity contribution is 6.30. The van der Waals surface area contributed by atoms with E-state index in [-0.39, 0.29) is 16.9 Å². The first-order valence-electron chi connectivity index (χ1n) is 9.75. The van der Waals surface area contributed by atoms with Gasteiger partial charge in [-0.1, -0.05) is 18.5 Å². The SMILES string of the molecule is COc1c([C@@H]2[C@@H](C)[C@](C)(C(F)(F)F)O[C@H]2C(=O)Nc2ccnc(C(N)=O)c2)cc(Cl)c(F)c1F. The lowest BCUT2D eigenvalue weighted by Gasteiger charge is -2.32. The largest absolute Gasteiger partial charge is 0.493 e. The van der Waals surface area contributed by atoms with Crippen molar-refractivity contribution in [3.63, 3.8) is 0 Å². The van der Waals surface area contributed by atoms with E-state index in [0.717, 1.165) is 39.3 Å². The first-order valence-corrected chi connectivity index (χ1v) is 10.1. The Balaban J connectivity index is 2.12. The zero-order chi connectivity index (χ0) is 25.6. The number of nitrogens with one attached hydrogen (secondary N) is 1. The fraction of sp³-hybridized carbons (Fsp3) is 0.381. The number of primary amides is 1. The van der Waals surface area contributed by atoms with E-state index in [1.807, 2.05) is 0 Å². The van der Waals surface area contributed by atoms with E-state index in [0.29, 0.717) is 0 Å². The third-order valence-electron chi connectivity index (χ3n) is 5.92. The van der Waals surface area contributed by atoms with Crippen LogP contribution in [-0.4, -0.2) is 41.8 Å². The number of aromatic nitrogens is 1. The number of anilines is 1. The number of alkyl halides is 3. The number of pyridine rings is 1. The zero-order valence-corrected chi connectivity index (χ0v) is 18.7. The minimum absolute atomic E-state index is 0.000279. The number of ether oxygens (including phenoxy) is 2. The van der Waals surface area contributed by atoms with Crippen molar-refractivity contribution in [3.8, 4) is 5.75 Å². The minimum atomic E-state index is -4.93. The van der Waals surface area contributed by atoms with Crippen molar-refractivity contribution in [3.05, 3.63) is 52.3 Å². The summed E-state index contributed by atoms with van der Waals surface area (Å²) >= 11 is 5.75. The number of carbonyl (C=O) groups is 2. The summed E-state index contributed by atoms with van der Waals surface area (Å²) in [6.07, 6.45) is -5.60. The summed E-state index contributed by atoms with van der Waals surface area (Å²) in [5, 5.41) is 1.64. The van der Waals surface area contributed by atoms with E-state index in [1.165, 1.54) is 6.07 Å². The Hall–Kier alpha value is -2.99. The molecule has 2 heterocycles. The standard InChI is InChI=1S/C21H19ClF5N3O4/c1-8-13(10-7-11(22)14(23)15(24)16(10)33-3)17(34-20(8,2)21(25,26)27)19(32)30-9-4-5-29-12(6-9)18(28)31/h4-8,13,17H,1-3H3,(H2,28,31)(H,29,30,32)/t8-,13+,17-,20-/m1/s1. The van der Waals surface area contributed by atoms with E-state index in [2.05, 4.69) is 10.3 Å². The minimum Gasteiger partial charge on any atom is -0.493 e. The number of nitrogens with zero attached hydrogens (tertiary/aromatic N) is 1. The zero-order valence-electron chi connectivity index (χ0n) is 18.0. The molecule has 3 N–H and O–H groups in total. The number of hydrogen-bond acceptors (Lipinski definition) is 5. The molecule has 3 rings (SSSR count). The third-order valence-corrected chi connectivity index (χ3v) is 6.19. The number of carbonyl (C=O) groups excluding carboxylic acids is 2. The van der Waals surface area contributed by atoms with Crippen LogP contribution in [0.3, 0.4) is 0 Å². The molecule has 1 aliphatic rings. The van der Waals surface area contributed by atoms with Crippen molar-refractivity contribution in [1.29, 1.82) is 0 Å². The third kappa shape index (κ3) is 4.27. The maximum Gasteiger partial charge on any atom is 0.417 e. The number of nitrogens with two attached hydrogens (primary N) is 1.